The molecule has 1 aromatic rings. The maximum Gasteiger partial charge on any atom is 0.308 e. The fraction of sp³-hybridized carbons (Fsp3) is 0.500. The Labute approximate surface area is 146 Å². The quantitative estimate of drug-likeness (QED) is 0.877. The van der Waals surface area contributed by atoms with E-state index < -0.39 is 23.6 Å². The monoisotopic (exact) mass is 350 g/mol. The first-order valence-electron chi connectivity index (χ1n) is 8.30. The number of carbonyl (C=O) groups is 3. The van der Waals surface area contributed by atoms with Crippen LogP contribution in [0.3, 0.4) is 0 Å². The van der Waals surface area contributed by atoms with Gasteiger partial charge in [0, 0.05) is 20.1 Å². The molecule has 2 atom stereocenters. The van der Waals surface area contributed by atoms with E-state index in [-0.39, 0.29) is 24.9 Å². The van der Waals surface area contributed by atoms with Crippen LogP contribution in [0.1, 0.15) is 31.2 Å². The van der Waals surface area contributed by atoms with E-state index in [1.165, 1.54) is 29.0 Å². The maximum atomic E-state index is 13.3. The van der Waals surface area contributed by atoms with Gasteiger partial charge in [-0.25, -0.2) is 4.39 Å². The lowest BCUT2D eigenvalue weighted by molar-refractivity contribution is -0.147. The molecule has 25 heavy (non-hydrogen) atoms. The Bertz CT molecular complexity index is 664. The van der Waals surface area contributed by atoms with E-state index in [1.54, 1.807) is 19.1 Å². The van der Waals surface area contributed by atoms with Gasteiger partial charge in [-0.3, -0.25) is 14.4 Å². The van der Waals surface area contributed by atoms with Gasteiger partial charge >= 0.3 is 5.97 Å². The smallest absolute Gasteiger partial charge is 0.308 e. The molecule has 0 aromatic heterocycles. The Morgan fingerprint density at radius 1 is 1.40 bits per heavy atom. The molecule has 0 bridgehead atoms. The number of piperidine rings is 1. The number of amides is 2. The van der Waals surface area contributed by atoms with Crippen molar-refractivity contribution in [3.05, 3.63) is 35.6 Å². The fourth-order valence-electron chi connectivity index (χ4n) is 3.04. The molecule has 1 saturated heterocycles. The van der Waals surface area contributed by atoms with Gasteiger partial charge in [-0.1, -0.05) is 12.1 Å². The summed E-state index contributed by atoms with van der Waals surface area (Å²) in [6, 6.07) is 5.83. The Hall–Kier alpha value is -2.44. The van der Waals surface area contributed by atoms with Crippen LogP contribution in [0.15, 0.2) is 24.3 Å². The van der Waals surface area contributed by atoms with E-state index in [0.29, 0.717) is 24.9 Å². The highest BCUT2D eigenvalue weighted by atomic mass is 19.1. The van der Waals surface area contributed by atoms with Crippen molar-refractivity contribution < 1.29 is 23.9 Å². The summed E-state index contributed by atoms with van der Waals surface area (Å²) in [6.45, 7) is 2.23. The molecule has 2 unspecified atom stereocenters. The molecular weight excluding hydrogens is 327 g/mol. The molecule has 6 nitrogen and oxygen atoms in total. The lowest BCUT2D eigenvalue weighted by Crippen LogP contribution is -2.47. The van der Waals surface area contributed by atoms with Crippen molar-refractivity contribution in [2.24, 2.45) is 5.92 Å². The molecular formula is C18H23FN2O4. The number of aliphatic carboxylic acids is 1. The van der Waals surface area contributed by atoms with Crippen LogP contribution in [0.25, 0.3) is 0 Å². The van der Waals surface area contributed by atoms with Gasteiger partial charge in [0.1, 0.15) is 5.82 Å². The Morgan fingerprint density at radius 3 is 2.76 bits per heavy atom. The van der Waals surface area contributed by atoms with Crippen LogP contribution >= 0.6 is 0 Å². The molecule has 2 amide bonds. The maximum absolute atomic E-state index is 13.3. The zero-order valence-electron chi connectivity index (χ0n) is 14.4. The molecule has 1 aliphatic rings. The molecule has 1 N–H and O–H groups in total. The second-order valence-electron chi connectivity index (χ2n) is 6.49. The number of rotatable bonds is 5. The molecule has 1 heterocycles. The van der Waals surface area contributed by atoms with E-state index >= 15 is 0 Å². The third-order valence-corrected chi connectivity index (χ3v) is 4.59. The predicted octanol–water partition coefficient (Wildman–Crippen LogP) is 1.71. The van der Waals surface area contributed by atoms with Crippen LogP contribution in [0.5, 0.6) is 0 Å². The minimum absolute atomic E-state index is 0.120. The Kier molecular flexibility index (Phi) is 6.12. The van der Waals surface area contributed by atoms with Crippen LogP contribution in [-0.2, 0) is 14.4 Å². The lowest BCUT2D eigenvalue weighted by atomic mass is 9.98. The van der Waals surface area contributed by atoms with Gasteiger partial charge in [-0.05, 0) is 37.5 Å². The van der Waals surface area contributed by atoms with E-state index in [0.717, 1.165) is 0 Å². The number of benzene rings is 1. The van der Waals surface area contributed by atoms with E-state index in [2.05, 4.69) is 0 Å². The number of hydrogen-bond acceptors (Lipinski definition) is 3. The van der Waals surface area contributed by atoms with Gasteiger partial charge in [0.25, 0.3) is 0 Å². The average molecular weight is 350 g/mol. The van der Waals surface area contributed by atoms with Crippen LogP contribution in [0, 0.1) is 11.7 Å². The van der Waals surface area contributed by atoms with Gasteiger partial charge in [-0.15, -0.1) is 0 Å². The summed E-state index contributed by atoms with van der Waals surface area (Å²) in [4.78, 5) is 38.8. The van der Waals surface area contributed by atoms with E-state index in [4.69, 9.17) is 5.11 Å². The molecule has 0 aliphatic carbocycles. The zero-order valence-corrected chi connectivity index (χ0v) is 14.4. The lowest BCUT2D eigenvalue weighted by Gasteiger charge is -2.32. The van der Waals surface area contributed by atoms with Crippen molar-refractivity contribution in [2.75, 3.05) is 26.7 Å². The molecule has 1 aromatic carbocycles. The second-order valence-corrected chi connectivity index (χ2v) is 6.49. The molecule has 7 heteroatoms. The number of carboxylic acids is 1. The highest BCUT2D eigenvalue weighted by Gasteiger charge is 2.29. The van der Waals surface area contributed by atoms with Crippen molar-refractivity contribution in [1.29, 1.82) is 0 Å². The predicted molar refractivity (Wildman–Crippen MR) is 89.4 cm³/mol. The van der Waals surface area contributed by atoms with Gasteiger partial charge in [0.05, 0.1) is 18.4 Å². The number of likely N-dealkylation sites (N-methyl/N-ethyl adjacent to an activating group) is 1. The van der Waals surface area contributed by atoms with Crippen molar-refractivity contribution in [3.8, 4) is 0 Å². The van der Waals surface area contributed by atoms with Gasteiger partial charge in [-0.2, -0.15) is 0 Å². The molecule has 0 radical (unpaired) electrons. The molecule has 2 rings (SSSR count). The first kappa shape index (κ1) is 18.9. The van der Waals surface area contributed by atoms with Crippen LogP contribution in [0.2, 0.25) is 0 Å². The highest BCUT2D eigenvalue weighted by molar-refractivity contribution is 5.88. The number of halogens is 1. The second kappa shape index (κ2) is 8.09. The number of likely N-dealkylation sites (tertiary alicyclic amines) is 1. The van der Waals surface area contributed by atoms with Gasteiger partial charge in [0.15, 0.2) is 0 Å². The van der Waals surface area contributed by atoms with Crippen molar-refractivity contribution in [3.63, 3.8) is 0 Å². The number of carboxylic acid groups (broad SMARTS) is 1. The molecule has 0 saturated carbocycles. The first-order valence-corrected chi connectivity index (χ1v) is 8.30. The number of nitrogens with zero attached hydrogens (tertiary/aromatic N) is 2. The summed E-state index contributed by atoms with van der Waals surface area (Å²) >= 11 is 0. The van der Waals surface area contributed by atoms with Gasteiger partial charge < -0.3 is 14.9 Å². The minimum atomic E-state index is -0.901. The largest absolute Gasteiger partial charge is 0.481 e. The van der Waals surface area contributed by atoms with Crippen molar-refractivity contribution >= 4 is 17.8 Å². The molecule has 136 valence electrons. The zero-order chi connectivity index (χ0) is 18.6. The van der Waals surface area contributed by atoms with Crippen LogP contribution in [0.4, 0.5) is 4.39 Å². The first-order chi connectivity index (χ1) is 11.8. The molecule has 1 aliphatic heterocycles. The Morgan fingerprint density at radius 2 is 2.12 bits per heavy atom. The normalized spacial score (nSPS) is 18.5. The molecule has 0 spiro atoms. The highest BCUT2D eigenvalue weighted by Crippen LogP contribution is 2.20. The molecule has 1 fully saturated rings. The van der Waals surface area contributed by atoms with E-state index in [9.17, 15) is 18.8 Å². The van der Waals surface area contributed by atoms with Crippen LogP contribution < -0.4 is 0 Å². The summed E-state index contributed by atoms with van der Waals surface area (Å²) < 4.78 is 13.3. The van der Waals surface area contributed by atoms with Crippen LogP contribution in [-0.4, -0.2) is 59.4 Å². The summed E-state index contributed by atoms with van der Waals surface area (Å²) in [7, 11) is 1.52. The van der Waals surface area contributed by atoms with Gasteiger partial charge in [0.2, 0.25) is 11.8 Å². The van der Waals surface area contributed by atoms with Crippen molar-refractivity contribution in [1.82, 2.24) is 9.80 Å². The van der Waals surface area contributed by atoms with E-state index in [1.807, 2.05) is 0 Å². The number of hydrogen-bond donors (Lipinski definition) is 1. The summed E-state index contributed by atoms with van der Waals surface area (Å²) in [5, 5.41) is 9.10. The average Bonchev–Trinajstić information content (AvgIpc) is 2.60. The topological polar surface area (TPSA) is 77.9 Å². The summed E-state index contributed by atoms with van der Waals surface area (Å²) in [5.74, 6) is -2.99. The SMILES string of the molecule is CC(C(=O)N(C)CC(=O)N1CCCC(C(=O)O)C1)c1cccc(F)c1. The minimum Gasteiger partial charge on any atom is -0.481 e. The summed E-state index contributed by atoms with van der Waals surface area (Å²) in [6.07, 6.45) is 1.20. The van der Waals surface area contributed by atoms with Crippen molar-refractivity contribution in [2.45, 2.75) is 25.7 Å². The third kappa shape index (κ3) is 4.78. The fourth-order valence-corrected chi connectivity index (χ4v) is 3.04. The number of carbonyl (C=O) groups excluding carboxylic acids is 2. The summed E-state index contributed by atoms with van der Waals surface area (Å²) in [5.41, 5.74) is 0.549. The standard InChI is InChI=1S/C18H23FN2O4/c1-12(13-5-3-7-15(19)9-13)17(23)20(2)11-16(22)21-8-4-6-14(10-21)18(24)25/h3,5,7,9,12,14H,4,6,8,10-11H2,1-2H3,(H,24,25). The third-order valence-electron chi connectivity index (χ3n) is 4.59. The Balaban J connectivity index is 1.96.